The van der Waals surface area contributed by atoms with Gasteiger partial charge < -0.3 is 10.9 Å². The maximum Gasteiger partial charge on any atom is 0.213 e. The highest BCUT2D eigenvalue weighted by atomic mass is 32.2. The maximum atomic E-state index is 8.77. The van der Waals surface area contributed by atoms with E-state index in [4.69, 9.17) is 10.9 Å². The first kappa shape index (κ1) is 12.4. The van der Waals surface area contributed by atoms with E-state index in [1.165, 1.54) is 11.8 Å². The molecule has 0 radical (unpaired) electrons. The number of oxime groups is 1. The molecule has 0 unspecified atom stereocenters. The minimum Gasteiger partial charge on any atom is -0.409 e. The molecule has 7 nitrogen and oxygen atoms in total. The van der Waals surface area contributed by atoms with E-state index in [0.717, 1.165) is 10.5 Å². The van der Waals surface area contributed by atoms with Crippen molar-refractivity contribution >= 4 is 17.6 Å². The highest BCUT2D eigenvalue weighted by Crippen LogP contribution is 2.29. The average molecular weight is 264 g/mol. The Morgan fingerprint density at radius 2 is 2.28 bits per heavy atom. The fraction of sp³-hybridized carbons (Fsp3) is 0.200. The van der Waals surface area contributed by atoms with Crippen LogP contribution in [0.5, 0.6) is 0 Å². The topological polar surface area (TPSA) is 102 Å². The molecule has 8 heteroatoms. The van der Waals surface area contributed by atoms with Crippen molar-refractivity contribution in [3.8, 4) is 0 Å². The molecular weight excluding hydrogens is 252 g/mol. The predicted octanol–water partition coefficient (Wildman–Crippen LogP) is 0.764. The second kappa shape index (κ2) is 5.05. The summed E-state index contributed by atoms with van der Waals surface area (Å²) in [5, 5.41) is 23.6. The molecule has 3 N–H and O–H groups in total. The molecule has 0 aliphatic heterocycles. The summed E-state index contributed by atoms with van der Waals surface area (Å²) in [6.45, 7) is 1.97. The Kier molecular flexibility index (Phi) is 3.47. The third-order valence-electron chi connectivity index (χ3n) is 2.30. The van der Waals surface area contributed by atoms with E-state index in [2.05, 4.69) is 20.7 Å². The van der Waals surface area contributed by atoms with Crippen molar-refractivity contribution < 1.29 is 5.21 Å². The fourth-order valence-corrected chi connectivity index (χ4v) is 2.36. The Bertz CT molecular complexity index is 594. The van der Waals surface area contributed by atoms with Crippen molar-refractivity contribution in [2.75, 3.05) is 0 Å². The van der Waals surface area contributed by atoms with Gasteiger partial charge in [0.25, 0.3) is 0 Å². The minimum absolute atomic E-state index is 0.0626. The molecule has 0 atom stereocenters. The van der Waals surface area contributed by atoms with E-state index in [9.17, 15) is 0 Å². The Morgan fingerprint density at radius 3 is 2.89 bits per heavy atom. The van der Waals surface area contributed by atoms with Gasteiger partial charge in [-0.2, -0.15) is 0 Å². The second-order valence-electron chi connectivity index (χ2n) is 3.67. The fourth-order valence-electron chi connectivity index (χ4n) is 1.39. The smallest absolute Gasteiger partial charge is 0.213 e. The molecule has 2 rings (SSSR count). The third-order valence-corrected chi connectivity index (χ3v) is 3.39. The molecule has 0 aliphatic rings. The van der Waals surface area contributed by atoms with E-state index in [-0.39, 0.29) is 5.84 Å². The highest BCUT2D eigenvalue weighted by Gasteiger charge is 2.12. The lowest BCUT2D eigenvalue weighted by molar-refractivity contribution is 0.318. The van der Waals surface area contributed by atoms with Gasteiger partial charge in [0, 0.05) is 17.5 Å². The predicted molar refractivity (Wildman–Crippen MR) is 66.6 cm³/mol. The van der Waals surface area contributed by atoms with Gasteiger partial charge in [0.2, 0.25) is 5.16 Å². The molecule has 0 fully saturated rings. The maximum absolute atomic E-state index is 8.77. The van der Waals surface area contributed by atoms with Crippen molar-refractivity contribution in [1.29, 1.82) is 0 Å². The van der Waals surface area contributed by atoms with E-state index in [1.807, 2.05) is 19.1 Å². The van der Waals surface area contributed by atoms with Crippen LogP contribution in [0.25, 0.3) is 0 Å². The largest absolute Gasteiger partial charge is 0.409 e. The molecule has 0 aliphatic carbocycles. The number of nitrogens with two attached hydrogens (primary N) is 1. The first-order valence-electron chi connectivity index (χ1n) is 5.10. The molecular formula is C10H12N6OS. The molecule has 0 saturated carbocycles. The van der Waals surface area contributed by atoms with Crippen LogP contribution in [0.2, 0.25) is 0 Å². The number of aryl methyl sites for hydroxylation is 2. The van der Waals surface area contributed by atoms with Gasteiger partial charge in [-0.25, -0.2) is 4.68 Å². The van der Waals surface area contributed by atoms with Crippen LogP contribution in [0.15, 0.2) is 33.4 Å². The second-order valence-corrected chi connectivity index (χ2v) is 4.68. The number of amidine groups is 1. The first-order chi connectivity index (χ1) is 8.61. The van der Waals surface area contributed by atoms with Crippen molar-refractivity contribution in [2.45, 2.75) is 17.0 Å². The summed E-state index contributed by atoms with van der Waals surface area (Å²) in [5.41, 5.74) is 7.36. The van der Waals surface area contributed by atoms with Crippen LogP contribution in [0.3, 0.4) is 0 Å². The van der Waals surface area contributed by atoms with Crippen molar-refractivity contribution in [2.24, 2.45) is 17.9 Å². The van der Waals surface area contributed by atoms with Crippen LogP contribution in [0.4, 0.5) is 0 Å². The summed E-state index contributed by atoms with van der Waals surface area (Å²) in [6, 6.07) is 5.63. The summed E-state index contributed by atoms with van der Waals surface area (Å²) in [6.07, 6.45) is 0. The van der Waals surface area contributed by atoms with E-state index < -0.39 is 0 Å². The third kappa shape index (κ3) is 2.43. The zero-order valence-corrected chi connectivity index (χ0v) is 10.7. The average Bonchev–Trinajstić information content (AvgIpc) is 2.74. The standard InChI is InChI=1S/C10H12N6OS/c1-6-3-4-7(9(11)13-17)8(5-6)18-10-12-14-15-16(10)2/h3-5,17H,1-2H3,(H2,11,13). The van der Waals surface area contributed by atoms with E-state index in [1.54, 1.807) is 17.8 Å². The Balaban J connectivity index is 2.43. The summed E-state index contributed by atoms with van der Waals surface area (Å²) in [5.74, 6) is 0.0626. The molecule has 94 valence electrons. The number of aromatic nitrogens is 4. The van der Waals surface area contributed by atoms with Crippen LogP contribution in [-0.2, 0) is 7.05 Å². The molecule has 0 spiro atoms. The molecule has 1 aromatic carbocycles. The van der Waals surface area contributed by atoms with E-state index >= 15 is 0 Å². The van der Waals surface area contributed by atoms with Gasteiger partial charge in [-0.15, -0.1) is 5.10 Å². The van der Waals surface area contributed by atoms with Gasteiger partial charge in [0.15, 0.2) is 5.84 Å². The molecule has 0 bridgehead atoms. The van der Waals surface area contributed by atoms with Gasteiger partial charge in [-0.3, -0.25) is 0 Å². The lowest BCUT2D eigenvalue weighted by Gasteiger charge is -2.07. The minimum atomic E-state index is 0.0626. The Hall–Kier alpha value is -2.09. The normalized spacial score (nSPS) is 11.8. The van der Waals surface area contributed by atoms with Crippen molar-refractivity contribution in [3.05, 3.63) is 29.3 Å². The van der Waals surface area contributed by atoms with Crippen LogP contribution in [-0.4, -0.2) is 31.3 Å². The molecule has 0 saturated heterocycles. The molecule has 18 heavy (non-hydrogen) atoms. The van der Waals surface area contributed by atoms with Crippen LogP contribution in [0.1, 0.15) is 11.1 Å². The van der Waals surface area contributed by atoms with Crippen molar-refractivity contribution in [1.82, 2.24) is 20.2 Å². The quantitative estimate of drug-likeness (QED) is 0.367. The number of hydrogen-bond donors (Lipinski definition) is 2. The lowest BCUT2D eigenvalue weighted by Crippen LogP contribution is -2.14. The van der Waals surface area contributed by atoms with Crippen LogP contribution < -0.4 is 5.73 Å². The number of rotatable bonds is 3. The number of benzene rings is 1. The van der Waals surface area contributed by atoms with Crippen LogP contribution >= 0.6 is 11.8 Å². The van der Waals surface area contributed by atoms with Gasteiger partial charge in [0.1, 0.15) is 0 Å². The number of nitrogens with zero attached hydrogens (tertiary/aromatic N) is 5. The van der Waals surface area contributed by atoms with E-state index in [0.29, 0.717) is 10.7 Å². The zero-order chi connectivity index (χ0) is 13.1. The highest BCUT2D eigenvalue weighted by molar-refractivity contribution is 7.99. The molecule has 1 aromatic heterocycles. The summed E-state index contributed by atoms with van der Waals surface area (Å²) in [4.78, 5) is 0.836. The van der Waals surface area contributed by atoms with Crippen LogP contribution in [0, 0.1) is 6.92 Å². The summed E-state index contributed by atoms with van der Waals surface area (Å²) in [7, 11) is 1.75. The molecule has 0 amide bonds. The zero-order valence-electron chi connectivity index (χ0n) is 9.90. The van der Waals surface area contributed by atoms with Gasteiger partial charge in [-0.05, 0) is 46.8 Å². The monoisotopic (exact) mass is 264 g/mol. The SMILES string of the molecule is Cc1ccc(C(N)=NO)c(Sc2nnnn2C)c1. The Morgan fingerprint density at radius 1 is 1.50 bits per heavy atom. The molecule has 2 aromatic rings. The first-order valence-corrected chi connectivity index (χ1v) is 5.92. The number of tetrazole rings is 1. The van der Waals surface area contributed by atoms with Gasteiger partial charge >= 0.3 is 0 Å². The van der Waals surface area contributed by atoms with Crippen molar-refractivity contribution in [3.63, 3.8) is 0 Å². The molecule has 1 heterocycles. The van der Waals surface area contributed by atoms with Gasteiger partial charge in [0.05, 0.1) is 0 Å². The van der Waals surface area contributed by atoms with Gasteiger partial charge in [-0.1, -0.05) is 11.2 Å². The summed E-state index contributed by atoms with van der Waals surface area (Å²) >= 11 is 1.36. The lowest BCUT2D eigenvalue weighted by atomic mass is 10.1. The summed E-state index contributed by atoms with van der Waals surface area (Å²) < 4.78 is 1.56. The number of hydrogen-bond acceptors (Lipinski definition) is 6. The Labute approximate surface area is 108 Å².